The Hall–Kier alpha value is -1.92. The first kappa shape index (κ1) is 14.5. The Morgan fingerprint density at radius 3 is 2.70 bits per heavy atom. The predicted octanol–water partition coefficient (Wildman–Crippen LogP) is 0.810. The molecule has 5 nitrogen and oxygen atoms in total. The number of rotatable bonds is 4. The van der Waals surface area contributed by atoms with Gasteiger partial charge in [0, 0.05) is 30.4 Å². The van der Waals surface area contributed by atoms with E-state index in [9.17, 15) is 14.0 Å². The van der Waals surface area contributed by atoms with Gasteiger partial charge in [0.1, 0.15) is 5.82 Å². The van der Waals surface area contributed by atoms with E-state index in [0.29, 0.717) is 10.6 Å². The predicted molar refractivity (Wildman–Crippen MR) is 74.5 cm³/mol. The molecule has 0 saturated heterocycles. The second-order valence-corrected chi connectivity index (χ2v) is 4.65. The molecule has 2 aromatic rings. The molecule has 0 bridgehead atoms. The minimum atomic E-state index is -0.497. The van der Waals surface area contributed by atoms with Gasteiger partial charge in [-0.3, -0.25) is 13.9 Å². The first-order valence-electron chi connectivity index (χ1n) is 5.97. The van der Waals surface area contributed by atoms with Gasteiger partial charge in [0.15, 0.2) is 0 Å². The molecule has 2 rings (SSSR count). The van der Waals surface area contributed by atoms with Crippen molar-refractivity contribution in [3.8, 4) is 0 Å². The van der Waals surface area contributed by atoms with E-state index >= 15 is 0 Å². The number of hydrogen-bond acceptors (Lipinski definition) is 3. The minimum Gasteiger partial charge on any atom is -0.329 e. The molecular formula is C13H13ClFN3O2. The highest BCUT2D eigenvalue weighted by atomic mass is 35.5. The molecule has 0 aliphatic rings. The highest BCUT2D eigenvalue weighted by molar-refractivity contribution is 6.31. The van der Waals surface area contributed by atoms with Gasteiger partial charge in [-0.05, 0) is 23.8 Å². The number of nitrogens with zero attached hydrogens (tertiary/aromatic N) is 2. The maximum Gasteiger partial charge on any atom is 0.331 e. The van der Waals surface area contributed by atoms with Crippen LogP contribution in [0.3, 0.4) is 0 Å². The Kier molecular flexibility index (Phi) is 4.36. The molecule has 20 heavy (non-hydrogen) atoms. The summed E-state index contributed by atoms with van der Waals surface area (Å²) < 4.78 is 15.5. The molecule has 0 atom stereocenters. The smallest absolute Gasteiger partial charge is 0.329 e. The maximum atomic E-state index is 13.2. The zero-order chi connectivity index (χ0) is 14.7. The van der Waals surface area contributed by atoms with Crippen molar-refractivity contribution < 1.29 is 4.39 Å². The van der Waals surface area contributed by atoms with E-state index in [4.69, 9.17) is 17.3 Å². The lowest BCUT2D eigenvalue weighted by Gasteiger charge is -2.10. The van der Waals surface area contributed by atoms with Crippen LogP contribution in [0.5, 0.6) is 0 Å². The van der Waals surface area contributed by atoms with Gasteiger partial charge >= 0.3 is 5.69 Å². The van der Waals surface area contributed by atoms with Crippen molar-refractivity contribution in [2.24, 2.45) is 5.73 Å². The fourth-order valence-electron chi connectivity index (χ4n) is 1.86. The third kappa shape index (κ3) is 2.97. The normalized spacial score (nSPS) is 10.8. The van der Waals surface area contributed by atoms with E-state index in [2.05, 4.69) is 0 Å². The van der Waals surface area contributed by atoms with Crippen LogP contribution in [0, 0.1) is 5.82 Å². The SMILES string of the molecule is NCCn1c(=O)ccn(Cc2cc(F)ccc2Cl)c1=O. The van der Waals surface area contributed by atoms with Crippen LogP contribution in [-0.2, 0) is 13.1 Å². The Balaban J connectivity index is 2.44. The van der Waals surface area contributed by atoms with Crippen LogP contribution in [0.15, 0.2) is 40.1 Å². The second kappa shape index (κ2) is 6.02. The topological polar surface area (TPSA) is 70.0 Å². The average molecular weight is 298 g/mol. The third-order valence-electron chi connectivity index (χ3n) is 2.84. The van der Waals surface area contributed by atoms with Crippen molar-refractivity contribution in [2.75, 3.05) is 6.54 Å². The number of aromatic nitrogens is 2. The Bertz CT molecular complexity index is 739. The van der Waals surface area contributed by atoms with Crippen LogP contribution in [0.2, 0.25) is 5.02 Å². The van der Waals surface area contributed by atoms with Crippen molar-refractivity contribution in [3.63, 3.8) is 0 Å². The van der Waals surface area contributed by atoms with Crippen LogP contribution in [0.1, 0.15) is 5.56 Å². The molecule has 2 N–H and O–H groups in total. The van der Waals surface area contributed by atoms with Gasteiger partial charge in [0.05, 0.1) is 6.54 Å². The number of hydrogen-bond donors (Lipinski definition) is 1. The van der Waals surface area contributed by atoms with Crippen LogP contribution >= 0.6 is 11.6 Å². The lowest BCUT2D eigenvalue weighted by atomic mass is 10.2. The summed E-state index contributed by atoms with van der Waals surface area (Å²) in [5.74, 6) is -0.437. The Labute approximate surface area is 119 Å². The van der Waals surface area contributed by atoms with Crippen molar-refractivity contribution >= 4 is 11.6 Å². The standard InChI is InChI=1S/C13H13ClFN3O2/c14-11-2-1-10(15)7-9(11)8-17-5-3-12(19)18(6-4-16)13(17)20/h1-3,5,7H,4,6,8,16H2. The van der Waals surface area contributed by atoms with E-state index in [1.807, 2.05) is 0 Å². The molecule has 1 heterocycles. The molecule has 0 amide bonds. The van der Waals surface area contributed by atoms with Crippen LogP contribution in [0.25, 0.3) is 0 Å². The second-order valence-electron chi connectivity index (χ2n) is 4.24. The van der Waals surface area contributed by atoms with Crippen LogP contribution < -0.4 is 17.0 Å². The van der Waals surface area contributed by atoms with E-state index < -0.39 is 17.1 Å². The zero-order valence-corrected chi connectivity index (χ0v) is 11.3. The van der Waals surface area contributed by atoms with Crippen LogP contribution in [-0.4, -0.2) is 15.7 Å². The summed E-state index contributed by atoms with van der Waals surface area (Å²) in [5.41, 5.74) is 4.92. The number of benzene rings is 1. The van der Waals surface area contributed by atoms with Crippen molar-refractivity contribution in [1.82, 2.24) is 9.13 Å². The molecule has 0 spiro atoms. The molecule has 106 valence electrons. The molecule has 0 aliphatic heterocycles. The number of nitrogens with two attached hydrogens (primary N) is 1. The van der Waals surface area contributed by atoms with Crippen molar-refractivity contribution in [1.29, 1.82) is 0 Å². The van der Waals surface area contributed by atoms with E-state index in [1.165, 1.54) is 35.0 Å². The summed E-state index contributed by atoms with van der Waals surface area (Å²) >= 11 is 5.96. The highest BCUT2D eigenvalue weighted by Crippen LogP contribution is 2.17. The van der Waals surface area contributed by atoms with Gasteiger partial charge in [0.2, 0.25) is 0 Å². The monoisotopic (exact) mass is 297 g/mol. The van der Waals surface area contributed by atoms with E-state index in [-0.39, 0.29) is 19.6 Å². The summed E-state index contributed by atoms with van der Waals surface area (Å²) in [6, 6.07) is 5.19. The zero-order valence-electron chi connectivity index (χ0n) is 10.6. The molecule has 0 aliphatic carbocycles. The maximum absolute atomic E-state index is 13.2. The summed E-state index contributed by atoms with van der Waals surface area (Å²) in [5, 5.41) is 0.356. The summed E-state index contributed by atoms with van der Waals surface area (Å²) in [7, 11) is 0. The quantitative estimate of drug-likeness (QED) is 0.908. The molecular weight excluding hydrogens is 285 g/mol. The molecule has 0 fully saturated rings. The molecule has 0 unspecified atom stereocenters. The van der Waals surface area contributed by atoms with Gasteiger partial charge in [-0.15, -0.1) is 0 Å². The average Bonchev–Trinajstić information content (AvgIpc) is 2.42. The number of halogens is 2. The van der Waals surface area contributed by atoms with Gasteiger partial charge in [0.25, 0.3) is 5.56 Å². The fourth-order valence-corrected chi connectivity index (χ4v) is 2.04. The van der Waals surface area contributed by atoms with Gasteiger partial charge in [-0.1, -0.05) is 11.6 Å². The largest absolute Gasteiger partial charge is 0.331 e. The molecule has 7 heteroatoms. The van der Waals surface area contributed by atoms with E-state index in [0.717, 1.165) is 4.57 Å². The Morgan fingerprint density at radius 2 is 2.00 bits per heavy atom. The van der Waals surface area contributed by atoms with Crippen molar-refractivity contribution in [3.05, 3.63) is 67.7 Å². The fraction of sp³-hybridized carbons (Fsp3) is 0.231. The highest BCUT2D eigenvalue weighted by Gasteiger charge is 2.08. The summed E-state index contributed by atoms with van der Waals surface area (Å²) in [6.45, 7) is 0.398. The van der Waals surface area contributed by atoms with Gasteiger partial charge in [-0.25, -0.2) is 9.18 Å². The van der Waals surface area contributed by atoms with Crippen molar-refractivity contribution in [2.45, 2.75) is 13.1 Å². The lowest BCUT2D eigenvalue weighted by Crippen LogP contribution is -2.40. The molecule has 1 aromatic heterocycles. The van der Waals surface area contributed by atoms with Gasteiger partial charge < -0.3 is 5.73 Å². The minimum absolute atomic E-state index is 0.0836. The third-order valence-corrected chi connectivity index (χ3v) is 3.21. The first-order valence-corrected chi connectivity index (χ1v) is 6.35. The first-order chi connectivity index (χ1) is 9.52. The molecule has 0 radical (unpaired) electrons. The van der Waals surface area contributed by atoms with E-state index in [1.54, 1.807) is 0 Å². The van der Waals surface area contributed by atoms with Gasteiger partial charge in [-0.2, -0.15) is 0 Å². The summed E-state index contributed by atoms with van der Waals surface area (Å²) in [6.07, 6.45) is 1.36. The van der Waals surface area contributed by atoms with Crippen LogP contribution in [0.4, 0.5) is 4.39 Å². The molecule has 1 aromatic carbocycles. The lowest BCUT2D eigenvalue weighted by molar-refractivity contribution is 0.576. The Morgan fingerprint density at radius 1 is 1.25 bits per heavy atom. The summed E-state index contributed by atoms with van der Waals surface area (Å²) in [4.78, 5) is 23.7. The molecule has 0 saturated carbocycles.